The second kappa shape index (κ2) is 6.75. The average molecular weight is 269 g/mol. The minimum Gasteiger partial charge on any atom is -0.481 e. The molecule has 0 fully saturated rings. The van der Waals surface area contributed by atoms with Gasteiger partial charge in [0.2, 0.25) is 0 Å². The number of nitrogens with one attached hydrogen (secondary N) is 1. The summed E-state index contributed by atoms with van der Waals surface area (Å²) in [6.45, 7) is 2.02. The van der Waals surface area contributed by atoms with Gasteiger partial charge >= 0.3 is 5.97 Å². The molecule has 0 aliphatic rings. The number of carboxylic acids is 1. The lowest BCUT2D eigenvalue weighted by molar-refractivity contribution is -0.137. The number of carbonyl (C=O) groups is 1. The van der Waals surface area contributed by atoms with E-state index < -0.39 is 5.97 Å². The van der Waals surface area contributed by atoms with E-state index in [9.17, 15) is 4.79 Å². The number of anilines is 1. The van der Waals surface area contributed by atoms with Crippen molar-refractivity contribution in [2.75, 3.05) is 5.32 Å². The lowest BCUT2D eigenvalue weighted by Gasteiger charge is -2.19. The Bertz CT molecular complexity index is 566. The Hall–Kier alpha value is -2.29. The summed E-state index contributed by atoms with van der Waals surface area (Å²) in [6.07, 6.45) is 0.796. The normalized spacial score (nSPS) is 11.8. The molecular weight excluding hydrogens is 250 g/mol. The van der Waals surface area contributed by atoms with Crippen LogP contribution in [0.25, 0.3) is 0 Å². The number of benzene rings is 2. The maximum Gasteiger partial charge on any atom is 0.305 e. The second-order valence-electron chi connectivity index (χ2n) is 4.94. The highest BCUT2D eigenvalue weighted by molar-refractivity contribution is 5.68. The average Bonchev–Trinajstić information content (AvgIpc) is 2.42. The SMILES string of the molecule is Cc1ccccc1NC(CC(=O)O)Cc1ccccc1. The van der Waals surface area contributed by atoms with Crippen LogP contribution >= 0.6 is 0 Å². The summed E-state index contributed by atoms with van der Waals surface area (Å²) < 4.78 is 0. The highest BCUT2D eigenvalue weighted by Gasteiger charge is 2.14. The van der Waals surface area contributed by atoms with Crippen LogP contribution in [0, 0.1) is 6.92 Å². The van der Waals surface area contributed by atoms with Crippen molar-refractivity contribution >= 4 is 11.7 Å². The molecule has 0 radical (unpaired) electrons. The van der Waals surface area contributed by atoms with Crippen LogP contribution in [-0.2, 0) is 11.2 Å². The first kappa shape index (κ1) is 14.1. The van der Waals surface area contributed by atoms with Crippen LogP contribution < -0.4 is 5.32 Å². The fourth-order valence-electron chi connectivity index (χ4n) is 2.24. The summed E-state index contributed by atoms with van der Waals surface area (Å²) in [4.78, 5) is 11.0. The number of aliphatic carboxylic acids is 1. The Morgan fingerprint density at radius 3 is 2.40 bits per heavy atom. The molecule has 0 aliphatic heterocycles. The van der Waals surface area contributed by atoms with Crippen LogP contribution in [0.15, 0.2) is 54.6 Å². The van der Waals surface area contributed by atoms with Crippen molar-refractivity contribution in [2.24, 2.45) is 0 Å². The van der Waals surface area contributed by atoms with Crippen molar-refractivity contribution in [3.8, 4) is 0 Å². The van der Waals surface area contributed by atoms with E-state index in [1.54, 1.807) is 0 Å². The van der Waals surface area contributed by atoms with Crippen molar-refractivity contribution < 1.29 is 9.90 Å². The van der Waals surface area contributed by atoms with E-state index >= 15 is 0 Å². The van der Waals surface area contributed by atoms with Gasteiger partial charge in [0.1, 0.15) is 0 Å². The molecule has 0 amide bonds. The number of para-hydroxylation sites is 1. The monoisotopic (exact) mass is 269 g/mol. The summed E-state index contributed by atoms with van der Waals surface area (Å²) in [5.41, 5.74) is 3.26. The quantitative estimate of drug-likeness (QED) is 0.844. The van der Waals surface area contributed by atoms with Gasteiger partial charge in [-0.25, -0.2) is 0 Å². The van der Waals surface area contributed by atoms with Crippen molar-refractivity contribution in [1.29, 1.82) is 0 Å². The van der Waals surface area contributed by atoms with Crippen LogP contribution in [0.3, 0.4) is 0 Å². The van der Waals surface area contributed by atoms with Crippen LogP contribution in [-0.4, -0.2) is 17.1 Å². The zero-order chi connectivity index (χ0) is 14.4. The Morgan fingerprint density at radius 2 is 1.75 bits per heavy atom. The topological polar surface area (TPSA) is 49.3 Å². The van der Waals surface area contributed by atoms with Gasteiger partial charge < -0.3 is 10.4 Å². The zero-order valence-electron chi connectivity index (χ0n) is 11.5. The van der Waals surface area contributed by atoms with Crippen molar-refractivity contribution in [3.05, 3.63) is 65.7 Å². The van der Waals surface area contributed by atoms with Crippen LogP contribution in [0.4, 0.5) is 5.69 Å². The van der Waals surface area contributed by atoms with Gasteiger partial charge in [0, 0.05) is 11.7 Å². The molecule has 0 saturated heterocycles. The first-order chi connectivity index (χ1) is 9.65. The fraction of sp³-hybridized carbons (Fsp3) is 0.235. The molecule has 1 atom stereocenters. The predicted molar refractivity (Wildman–Crippen MR) is 81.0 cm³/mol. The Kier molecular flexibility index (Phi) is 4.77. The molecule has 3 nitrogen and oxygen atoms in total. The summed E-state index contributed by atoms with van der Waals surface area (Å²) >= 11 is 0. The fourth-order valence-corrected chi connectivity index (χ4v) is 2.24. The summed E-state index contributed by atoms with van der Waals surface area (Å²) in [6, 6.07) is 17.8. The summed E-state index contributed by atoms with van der Waals surface area (Å²) in [5, 5.41) is 12.4. The molecule has 2 N–H and O–H groups in total. The van der Waals surface area contributed by atoms with Crippen molar-refractivity contribution in [2.45, 2.75) is 25.8 Å². The van der Waals surface area contributed by atoms with E-state index in [1.165, 1.54) is 0 Å². The van der Waals surface area contributed by atoms with E-state index in [1.807, 2.05) is 61.5 Å². The van der Waals surface area contributed by atoms with E-state index in [-0.39, 0.29) is 12.5 Å². The highest BCUT2D eigenvalue weighted by Crippen LogP contribution is 2.17. The highest BCUT2D eigenvalue weighted by atomic mass is 16.4. The Labute approximate surface area is 119 Å². The standard InChI is InChI=1S/C17H19NO2/c1-13-7-5-6-10-16(13)18-15(12-17(19)20)11-14-8-3-2-4-9-14/h2-10,15,18H,11-12H2,1H3,(H,19,20). The van der Waals surface area contributed by atoms with E-state index in [2.05, 4.69) is 5.32 Å². The maximum absolute atomic E-state index is 11.0. The first-order valence-corrected chi connectivity index (χ1v) is 6.73. The van der Waals surface area contributed by atoms with Gasteiger partial charge in [-0.3, -0.25) is 4.79 Å². The first-order valence-electron chi connectivity index (χ1n) is 6.73. The molecule has 104 valence electrons. The van der Waals surface area contributed by atoms with Gasteiger partial charge in [-0.2, -0.15) is 0 Å². The molecule has 20 heavy (non-hydrogen) atoms. The molecular formula is C17H19NO2. The largest absolute Gasteiger partial charge is 0.481 e. The van der Waals surface area contributed by atoms with Crippen molar-refractivity contribution in [3.63, 3.8) is 0 Å². The van der Waals surface area contributed by atoms with Crippen molar-refractivity contribution in [1.82, 2.24) is 0 Å². The Balaban J connectivity index is 2.12. The van der Waals surface area contributed by atoms with E-state index in [0.717, 1.165) is 16.8 Å². The smallest absolute Gasteiger partial charge is 0.305 e. The van der Waals surface area contributed by atoms with Crippen LogP contribution in [0.2, 0.25) is 0 Å². The van der Waals surface area contributed by atoms with Gasteiger partial charge in [-0.1, -0.05) is 48.5 Å². The third-order valence-electron chi connectivity index (χ3n) is 3.25. The van der Waals surface area contributed by atoms with Crippen LogP contribution in [0.5, 0.6) is 0 Å². The zero-order valence-corrected chi connectivity index (χ0v) is 11.5. The number of hydrogen-bond acceptors (Lipinski definition) is 2. The van der Waals surface area contributed by atoms with E-state index in [4.69, 9.17) is 5.11 Å². The summed E-state index contributed by atoms with van der Waals surface area (Å²) in [7, 11) is 0. The van der Waals surface area contributed by atoms with Gasteiger partial charge in [-0.05, 0) is 30.5 Å². The van der Waals surface area contributed by atoms with Crippen LogP contribution in [0.1, 0.15) is 17.5 Å². The molecule has 2 aromatic rings. The van der Waals surface area contributed by atoms with Gasteiger partial charge in [0.15, 0.2) is 0 Å². The second-order valence-corrected chi connectivity index (χ2v) is 4.94. The molecule has 2 rings (SSSR count). The minimum absolute atomic E-state index is 0.100. The number of hydrogen-bond donors (Lipinski definition) is 2. The lowest BCUT2D eigenvalue weighted by Crippen LogP contribution is -2.26. The molecule has 2 aromatic carbocycles. The lowest BCUT2D eigenvalue weighted by atomic mass is 10.0. The minimum atomic E-state index is -0.785. The summed E-state index contributed by atoms with van der Waals surface area (Å²) in [5.74, 6) is -0.785. The molecule has 0 heterocycles. The third-order valence-corrected chi connectivity index (χ3v) is 3.25. The predicted octanol–water partition coefficient (Wildman–Crippen LogP) is 3.49. The van der Waals surface area contributed by atoms with E-state index in [0.29, 0.717) is 6.42 Å². The molecule has 0 spiro atoms. The maximum atomic E-state index is 11.0. The molecule has 0 bridgehead atoms. The number of carboxylic acid groups (broad SMARTS) is 1. The molecule has 0 aromatic heterocycles. The van der Waals surface area contributed by atoms with Gasteiger partial charge in [-0.15, -0.1) is 0 Å². The molecule has 0 aliphatic carbocycles. The molecule has 0 saturated carbocycles. The Morgan fingerprint density at radius 1 is 1.10 bits per heavy atom. The van der Waals surface area contributed by atoms with Gasteiger partial charge in [0.05, 0.1) is 6.42 Å². The van der Waals surface area contributed by atoms with Gasteiger partial charge in [0.25, 0.3) is 0 Å². The number of rotatable bonds is 6. The number of aryl methyl sites for hydroxylation is 1. The molecule has 1 unspecified atom stereocenters. The third kappa shape index (κ3) is 4.12. The molecule has 3 heteroatoms.